The van der Waals surface area contributed by atoms with Crippen LogP contribution in [0.2, 0.25) is 0 Å². The number of amides is 1. The van der Waals surface area contributed by atoms with Crippen LogP contribution in [0.1, 0.15) is 18.9 Å². The SMILES string of the molecule is CCC(C(N)=O)[C@@H](C#N)Cc1ccc(-c2ccccc2)cc1. The molecule has 0 radical (unpaired) electrons. The number of benzene rings is 2. The summed E-state index contributed by atoms with van der Waals surface area (Å²) in [5.41, 5.74) is 8.73. The number of carbonyl (C=O) groups excluding carboxylic acids is 1. The van der Waals surface area contributed by atoms with Crippen LogP contribution in [0.15, 0.2) is 54.6 Å². The van der Waals surface area contributed by atoms with Crippen molar-refractivity contribution in [3.63, 3.8) is 0 Å². The van der Waals surface area contributed by atoms with Gasteiger partial charge in [0.15, 0.2) is 0 Å². The molecule has 0 spiro atoms. The third-order valence-electron chi connectivity index (χ3n) is 3.97. The Hall–Kier alpha value is -2.60. The van der Waals surface area contributed by atoms with Gasteiger partial charge in [-0.1, -0.05) is 61.5 Å². The second kappa shape index (κ2) is 7.42. The number of hydrogen-bond acceptors (Lipinski definition) is 2. The summed E-state index contributed by atoms with van der Waals surface area (Å²) in [4.78, 5) is 11.4. The monoisotopic (exact) mass is 292 g/mol. The second-order valence-corrected chi connectivity index (χ2v) is 5.42. The molecule has 0 aliphatic heterocycles. The largest absolute Gasteiger partial charge is 0.369 e. The molecule has 1 unspecified atom stereocenters. The first-order chi connectivity index (χ1) is 10.7. The van der Waals surface area contributed by atoms with Crippen molar-refractivity contribution < 1.29 is 4.79 Å². The molecule has 1 amide bonds. The van der Waals surface area contributed by atoms with Gasteiger partial charge >= 0.3 is 0 Å². The van der Waals surface area contributed by atoms with Crippen LogP contribution in [-0.4, -0.2) is 5.91 Å². The number of rotatable bonds is 6. The zero-order valence-corrected chi connectivity index (χ0v) is 12.7. The van der Waals surface area contributed by atoms with E-state index in [1.54, 1.807) is 0 Å². The van der Waals surface area contributed by atoms with E-state index in [4.69, 9.17) is 5.73 Å². The number of primary amides is 1. The Morgan fingerprint density at radius 3 is 2.18 bits per heavy atom. The molecular formula is C19H20N2O. The minimum absolute atomic E-state index is 0.370. The van der Waals surface area contributed by atoms with Crippen molar-refractivity contribution in [3.8, 4) is 17.2 Å². The second-order valence-electron chi connectivity index (χ2n) is 5.42. The Morgan fingerprint density at radius 1 is 1.09 bits per heavy atom. The summed E-state index contributed by atoms with van der Waals surface area (Å²) < 4.78 is 0. The van der Waals surface area contributed by atoms with Crippen molar-refractivity contribution in [1.82, 2.24) is 0 Å². The smallest absolute Gasteiger partial charge is 0.221 e. The average Bonchev–Trinajstić information content (AvgIpc) is 2.55. The molecule has 0 aromatic heterocycles. The average molecular weight is 292 g/mol. The standard InChI is InChI=1S/C19H20N2O/c1-2-18(19(21)22)17(13-20)12-14-8-10-16(11-9-14)15-6-4-3-5-7-15/h3-11,17-18H,2,12H2,1H3,(H2,21,22)/t17-,18?/m1/s1. The topological polar surface area (TPSA) is 66.9 Å². The zero-order chi connectivity index (χ0) is 15.9. The van der Waals surface area contributed by atoms with Crippen molar-refractivity contribution in [2.45, 2.75) is 19.8 Å². The van der Waals surface area contributed by atoms with E-state index in [9.17, 15) is 10.1 Å². The van der Waals surface area contributed by atoms with Crippen LogP contribution >= 0.6 is 0 Å². The van der Waals surface area contributed by atoms with E-state index in [0.29, 0.717) is 12.8 Å². The van der Waals surface area contributed by atoms with Crippen molar-refractivity contribution in [3.05, 3.63) is 60.2 Å². The lowest BCUT2D eigenvalue weighted by atomic mass is 9.85. The fraction of sp³-hybridized carbons (Fsp3) is 0.263. The number of nitrogens with zero attached hydrogens (tertiary/aromatic N) is 1. The van der Waals surface area contributed by atoms with Crippen LogP contribution in [-0.2, 0) is 11.2 Å². The highest BCUT2D eigenvalue weighted by Gasteiger charge is 2.24. The fourth-order valence-corrected chi connectivity index (χ4v) is 2.68. The van der Waals surface area contributed by atoms with E-state index in [1.165, 1.54) is 0 Å². The first-order valence-corrected chi connectivity index (χ1v) is 7.49. The molecule has 3 nitrogen and oxygen atoms in total. The van der Waals surface area contributed by atoms with Crippen molar-refractivity contribution in [1.29, 1.82) is 5.26 Å². The molecule has 112 valence electrons. The molecule has 3 heteroatoms. The highest BCUT2D eigenvalue weighted by molar-refractivity contribution is 5.77. The van der Waals surface area contributed by atoms with Crippen LogP contribution in [0.4, 0.5) is 0 Å². The maximum Gasteiger partial charge on any atom is 0.221 e. The summed E-state index contributed by atoms with van der Waals surface area (Å²) >= 11 is 0. The molecule has 0 saturated heterocycles. The van der Waals surface area contributed by atoms with Gasteiger partial charge in [0.25, 0.3) is 0 Å². The summed E-state index contributed by atoms with van der Waals surface area (Å²) in [5, 5.41) is 9.31. The number of nitriles is 1. The molecule has 0 aliphatic carbocycles. The number of nitrogens with two attached hydrogens (primary N) is 1. The highest BCUT2D eigenvalue weighted by atomic mass is 16.1. The molecule has 2 aromatic rings. The van der Waals surface area contributed by atoms with E-state index in [2.05, 4.69) is 18.2 Å². The van der Waals surface area contributed by atoms with E-state index in [0.717, 1.165) is 16.7 Å². The van der Waals surface area contributed by atoms with Gasteiger partial charge in [0.1, 0.15) is 0 Å². The fourth-order valence-electron chi connectivity index (χ4n) is 2.68. The molecule has 0 saturated carbocycles. The molecule has 0 bridgehead atoms. The van der Waals surface area contributed by atoms with E-state index < -0.39 is 11.8 Å². The molecule has 0 fully saturated rings. The zero-order valence-electron chi connectivity index (χ0n) is 12.7. The summed E-state index contributed by atoms with van der Waals surface area (Å²) in [5.74, 6) is -1.15. The van der Waals surface area contributed by atoms with Gasteiger partial charge in [-0.25, -0.2) is 0 Å². The van der Waals surface area contributed by atoms with Crippen LogP contribution in [0.3, 0.4) is 0 Å². The maximum absolute atomic E-state index is 11.4. The van der Waals surface area contributed by atoms with Gasteiger partial charge in [0, 0.05) is 0 Å². The van der Waals surface area contributed by atoms with Crippen LogP contribution in [0, 0.1) is 23.2 Å². The van der Waals surface area contributed by atoms with Crippen LogP contribution in [0.25, 0.3) is 11.1 Å². The number of carbonyl (C=O) groups is 1. The Bertz CT molecular complexity index is 656. The summed E-state index contributed by atoms with van der Waals surface area (Å²) in [6.45, 7) is 1.89. The van der Waals surface area contributed by atoms with Crippen LogP contribution in [0.5, 0.6) is 0 Å². The molecule has 22 heavy (non-hydrogen) atoms. The quantitative estimate of drug-likeness (QED) is 0.884. The van der Waals surface area contributed by atoms with Gasteiger partial charge in [0.05, 0.1) is 17.9 Å². The summed E-state index contributed by atoms with van der Waals surface area (Å²) in [6, 6.07) is 20.5. The molecular weight excluding hydrogens is 272 g/mol. The van der Waals surface area contributed by atoms with Gasteiger partial charge in [-0.2, -0.15) is 5.26 Å². The van der Waals surface area contributed by atoms with E-state index in [-0.39, 0.29) is 5.92 Å². The van der Waals surface area contributed by atoms with Gasteiger partial charge in [-0.3, -0.25) is 4.79 Å². The predicted octanol–water partition coefficient (Wildman–Crippen LogP) is 3.55. The molecule has 2 atom stereocenters. The van der Waals surface area contributed by atoms with Crippen molar-refractivity contribution in [2.75, 3.05) is 0 Å². The van der Waals surface area contributed by atoms with Gasteiger partial charge in [-0.15, -0.1) is 0 Å². The van der Waals surface area contributed by atoms with Crippen LogP contribution < -0.4 is 5.73 Å². The highest BCUT2D eigenvalue weighted by Crippen LogP contribution is 2.23. The Kier molecular flexibility index (Phi) is 5.32. The summed E-state index contributed by atoms with van der Waals surface area (Å²) in [6.07, 6.45) is 1.14. The molecule has 2 N–H and O–H groups in total. The van der Waals surface area contributed by atoms with E-state index in [1.807, 2.05) is 49.4 Å². The van der Waals surface area contributed by atoms with Gasteiger partial charge in [-0.05, 0) is 29.5 Å². The van der Waals surface area contributed by atoms with Gasteiger partial charge in [0.2, 0.25) is 5.91 Å². The lowest BCUT2D eigenvalue weighted by Crippen LogP contribution is -2.30. The molecule has 0 aliphatic rings. The first-order valence-electron chi connectivity index (χ1n) is 7.49. The third kappa shape index (κ3) is 3.73. The Balaban J connectivity index is 2.14. The summed E-state index contributed by atoms with van der Waals surface area (Å²) in [7, 11) is 0. The Labute approximate surface area is 131 Å². The van der Waals surface area contributed by atoms with Crippen molar-refractivity contribution in [2.24, 2.45) is 17.6 Å². The number of hydrogen-bond donors (Lipinski definition) is 1. The van der Waals surface area contributed by atoms with Gasteiger partial charge < -0.3 is 5.73 Å². The minimum Gasteiger partial charge on any atom is -0.369 e. The Morgan fingerprint density at radius 2 is 1.68 bits per heavy atom. The molecule has 2 rings (SSSR count). The molecule has 2 aromatic carbocycles. The lowest BCUT2D eigenvalue weighted by molar-refractivity contribution is -0.122. The van der Waals surface area contributed by atoms with E-state index >= 15 is 0 Å². The first kappa shape index (κ1) is 15.8. The third-order valence-corrected chi connectivity index (χ3v) is 3.97. The molecule has 0 heterocycles. The lowest BCUT2D eigenvalue weighted by Gasteiger charge is -2.17. The normalized spacial score (nSPS) is 13.1. The minimum atomic E-state index is -0.394. The van der Waals surface area contributed by atoms with Crippen molar-refractivity contribution >= 4 is 5.91 Å². The predicted molar refractivity (Wildman–Crippen MR) is 87.7 cm³/mol. The maximum atomic E-state index is 11.4.